The number of aliphatic hydroxyl groups is 1. The van der Waals surface area contributed by atoms with E-state index in [1.807, 2.05) is 19.2 Å². The Bertz CT molecular complexity index is 322. The molecular weight excluding hydrogens is 358 g/mol. The summed E-state index contributed by atoms with van der Waals surface area (Å²) in [5.41, 5.74) is -0.680. The Morgan fingerprint density at radius 1 is 1.56 bits per heavy atom. The number of halogens is 2. The highest BCUT2D eigenvalue weighted by Crippen LogP contribution is 2.26. The molecule has 92 valence electrons. The van der Waals surface area contributed by atoms with Gasteiger partial charge < -0.3 is 14.8 Å². The Hall–Kier alpha value is 0.510. The minimum absolute atomic E-state index is 0.545. The minimum Gasteiger partial charge on any atom is -0.452 e. The Morgan fingerprint density at radius 3 is 2.75 bits per heavy atom. The van der Waals surface area contributed by atoms with Gasteiger partial charge in [-0.3, -0.25) is 0 Å². The fraction of sp³-hybridized carbons (Fsp3) is 0.600. The number of thioether (sulfide) groups is 1. The quantitative estimate of drug-likeness (QED) is 0.805. The first-order valence-electron chi connectivity index (χ1n) is 4.80. The Morgan fingerprint density at radius 2 is 2.25 bits per heavy atom. The fourth-order valence-electron chi connectivity index (χ4n) is 1.30. The van der Waals surface area contributed by atoms with Crippen molar-refractivity contribution >= 4 is 43.6 Å². The normalized spacial score (nSPS) is 15.1. The average molecular weight is 373 g/mol. The molecule has 1 heterocycles. The first kappa shape index (κ1) is 14.6. The molecule has 16 heavy (non-hydrogen) atoms. The predicted molar refractivity (Wildman–Crippen MR) is 74.8 cm³/mol. The highest BCUT2D eigenvalue weighted by Gasteiger charge is 2.19. The Labute approximate surface area is 117 Å². The molecule has 1 aromatic heterocycles. The molecule has 0 aromatic carbocycles. The molecule has 0 aliphatic carbocycles. The molecule has 1 atom stereocenters. The highest BCUT2D eigenvalue weighted by atomic mass is 79.9. The van der Waals surface area contributed by atoms with Crippen LogP contribution in [0, 0.1) is 0 Å². The van der Waals surface area contributed by atoms with Gasteiger partial charge in [0.1, 0.15) is 5.76 Å². The number of rotatable bonds is 6. The number of hydrogen-bond acceptors (Lipinski definition) is 4. The molecule has 0 spiro atoms. The summed E-state index contributed by atoms with van der Waals surface area (Å²) < 4.78 is 7.01. The van der Waals surface area contributed by atoms with E-state index in [0.29, 0.717) is 23.5 Å². The second-order valence-corrected chi connectivity index (χ2v) is 6.31. The van der Waals surface area contributed by atoms with Crippen molar-refractivity contribution < 1.29 is 9.52 Å². The van der Waals surface area contributed by atoms with Gasteiger partial charge in [0, 0.05) is 12.3 Å². The summed E-state index contributed by atoms with van der Waals surface area (Å²) in [6, 6.07) is 1.90. The van der Waals surface area contributed by atoms with Gasteiger partial charge in [-0.25, -0.2) is 0 Å². The molecule has 0 aliphatic rings. The summed E-state index contributed by atoms with van der Waals surface area (Å²) in [5.74, 6) is 1.55. The van der Waals surface area contributed by atoms with Crippen LogP contribution in [0.15, 0.2) is 19.6 Å². The molecule has 0 bridgehead atoms. The molecule has 0 radical (unpaired) electrons. The maximum absolute atomic E-state index is 9.92. The van der Waals surface area contributed by atoms with Crippen molar-refractivity contribution in [1.29, 1.82) is 0 Å². The molecule has 0 saturated heterocycles. The third-order valence-corrected chi connectivity index (χ3v) is 4.58. The van der Waals surface area contributed by atoms with Gasteiger partial charge in [-0.1, -0.05) is 0 Å². The average Bonchev–Trinajstić information content (AvgIpc) is 2.45. The summed E-state index contributed by atoms with van der Waals surface area (Å²) in [6.45, 7) is 2.98. The van der Waals surface area contributed by atoms with Crippen molar-refractivity contribution in [2.45, 2.75) is 19.1 Å². The van der Waals surface area contributed by atoms with Crippen molar-refractivity contribution in [3.05, 3.63) is 21.0 Å². The van der Waals surface area contributed by atoms with E-state index in [1.165, 1.54) is 0 Å². The highest BCUT2D eigenvalue weighted by molar-refractivity contribution is 9.13. The number of furan rings is 1. The summed E-state index contributed by atoms with van der Waals surface area (Å²) >= 11 is 8.26. The SMILES string of the molecule is CSCC(C)(O)CNCc1cc(Br)c(Br)o1. The van der Waals surface area contributed by atoms with Gasteiger partial charge >= 0.3 is 0 Å². The minimum atomic E-state index is -0.680. The molecule has 1 aromatic rings. The van der Waals surface area contributed by atoms with Crippen molar-refractivity contribution in [1.82, 2.24) is 5.32 Å². The van der Waals surface area contributed by atoms with Crippen LogP contribution in [0.2, 0.25) is 0 Å². The van der Waals surface area contributed by atoms with Crippen LogP contribution < -0.4 is 5.32 Å². The first-order chi connectivity index (χ1) is 7.44. The van der Waals surface area contributed by atoms with Gasteiger partial charge in [0.15, 0.2) is 4.67 Å². The molecule has 0 aliphatic heterocycles. The summed E-state index contributed by atoms with van der Waals surface area (Å²) in [4.78, 5) is 0. The van der Waals surface area contributed by atoms with Crippen LogP contribution in [0.4, 0.5) is 0 Å². The van der Waals surface area contributed by atoms with Crippen molar-refractivity contribution in [2.24, 2.45) is 0 Å². The van der Waals surface area contributed by atoms with Crippen LogP contribution in [-0.2, 0) is 6.54 Å². The molecule has 1 rings (SSSR count). The predicted octanol–water partition coefficient (Wildman–Crippen LogP) is 3.01. The fourth-order valence-corrected chi connectivity index (χ4v) is 2.68. The maximum Gasteiger partial charge on any atom is 0.183 e. The zero-order valence-electron chi connectivity index (χ0n) is 9.22. The van der Waals surface area contributed by atoms with Gasteiger partial charge in [0.25, 0.3) is 0 Å². The lowest BCUT2D eigenvalue weighted by Gasteiger charge is -2.22. The van der Waals surface area contributed by atoms with Crippen LogP contribution in [0.1, 0.15) is 12.7 Å². The zero-order chi connectivity index (χ0) is 12.2. The lowest BCUT2D eigenvalue weighted by atomic mass is 10.1. The van der Waals surface area contributed by atoms with Crippen molar-refractivity contribution in [3.8, 4) is 0 Å². The number of hydrogen-bond donors (Lipinski definition) is 2. The van der Waals surface area contributed by atoms with E-state index in [-0.39, 0.29) is 0 Å². The van der Waals surface area contributed by atoms with Crippen LogP contribution in [0.25, 0.3) is 0 Å². The molecule has 0 saturated carbocycles. The number of nitrogens with one attached hydrogen (secondary N) is 1. The lowest BCUT2D eigenvalue weighted by Crippen LogP contribution is -2.39. The second kappa shape index (κ2) is 6.44. The molecule has 1 unspecified atom stereocenters. The van der Waals surface area contributed by atoms with E-state index in [1.54, 1.807) is 11.8 Å². The van der Waals surface area contributed by atoms with Gasteiger partial charge in [0.2, 0.25) is 0 Å². The van der Waals surface area contributed by atoms with Gasteiger partial charge in [0.05, 0.1) is 16.6 Å². The van der Waals surface area contributed by atoms with Gasteiger partial charge in [-0.15, -0.1) is 0 Å². The molecular formula is C10H15Br2NO2S. The second-order valence-electron chi connectivity index (χ2n) is 3.87. The molecule has 0 fully saturated rings. The molecule has 2 N–H and O–H groups in total. The maximum atomic E-state index is 9.92. The third-order valence-electron chi connectivity index (χ3n) is 1.96. The van der Waals surface area contributed by atoms with Crippen LogP contribution >= 0.6 is 43.6 Å². The van der Waals surface area contributed by atoms with Gasteiger partial charge in [-0.05, 0) is 51.1 Å². The lowest BCUT2D eigenvalue weighted by molar-refractivity contribution is 0.0840. The van der Waals surface area contributed by atoms with Gasteiger partial charge in [-0.2, -0.15) is 11.8 Å². The Kier molecular flexibility index (Phi) is 5.87. The summed E-state index contributed by atoms with van der Waals surface area (Å²) in [6.07, 6.45) is 1.98. The van der Waals surface area contributed by atoms with E-state index >= 15 is 0 Å². The first-order valence-corrected chi connectivity index (χ1v) is 7.78. The van der Waals surface area contributed by atoms with Crippen molar-refractivity contribution in [3.63, 3.8) is 0 Å². The van der Waals surface area contributed by atoms with Crippen LogP contribution in [0.3, 0.4) is 0 Å². The van der Waals surface area contributed by atoms with E-state index in [2.05, 4.69) is 37.2 Å². The van der Waals surface area contributed by atoms with E-state index in [4.69, 9.17) is 4.42 Å². The zero-order valence-corrected chi connectivity index (χ0v) is 13.2. The van der Waals surface area contributed by atoms with Crippen LogP contribution in [0.5, 0.6) is 0 Å². The Balaban J connectivity index is 2.35. The monoisotopic (exact) mass is 371 g/mol. The molecule has 6 heteroatoms. The third kappa shape index (κ3) is 4.79. The van der Waals surface area contributed by atoms with E-state index < -0.39 is 5.60 Å². The largest absolute Gasteiger partial charge is 0.452 e. The van der Waals surface area contributed by atoms with Crippen LogP contribution in [-0.4, -0.2) is 29.3 Å². The smallest absolute Gasteiger partial charge is 0.183 e. The molecule has 3 nitrogen and oxygen atoms in total. The summed E-state index contributed by atoms with van der Waals surface area (Å²) in [7, 11) is 0. The van der Waals surface area contributed by atoms with E-state index in [9.17, 15) is 5.11 Å². The summed E-state index contributed by atoms with van der Waals surface area (Å²) in [5, 5.41) is 13.1. The van der Waals surface area contributed by atoms with Crippen molar-refractivity contribution in [2.75, 3.05) is 18.6 Å². The topological polar surface area (TPSA) is 45.4 Å². The molecule has 0 amide bonds. The standard InChI is InChI=1S/C10H15Br2NO2S/c1-10(14,6-16-2)5-13-4-7-3-8(11)9(12)15-7/h3,13-14H,4-6H2,1-2H3. The van der Waals surface area contributed by atoms with E-state index in [0.717, 1.165) is 10.2 Å².